The Kier molecular flexibility index (Phi) is 8.00. The topological polar surface area (TPSA) is 83.6 Å². The molecule has 1 aliphatic carbocycles. The van der Waals surface area contributed by atoms with Gasteiger partial charge in [0.2, 0.25) is 5.91 Å². The third kappa shape index (κ3) is 3.82. The van der Waals surface area contributed by atoms with Crippen molar-refractivity contribution in [1.29, 1.82) is 0 Å². The fourth-order valence-electron chi connectivity index (χ4n) is 3.54. The summed E-state index contributed by atoms with van der Waals surface area (Å²) < 4.78 is 0. The van der Waals surface area contributed by atoms with Crippen molar-refractivity contribution in [3.8, 4) is 0 Å². The van der Waals surface area contributed by atoms with E-state index in [1.165, 1.54) is 4.90 Å². The number of nitrogens with two attached hydrogens (primary N) is 1. The monoisotopic (exact) mass is 340 g/mol. The smallest absolute Gasteiger partial charge is 0.326 e. The number of likely N-dealkylation sites (tertiary alicyclic amines) is 1. The van der Waals surface area contributed by atoms with E-state index in [1.54, 1.807) is 0 Å². The molecule has 1 heterocycles. The highest BCUT2D eigenvalue weighted by Crippen LogP contribution is 2.42. The highest BCUT2D eigenvalue weighted by atomic mass is 35.5. The summed E-state index contributed by atoms with van der Waals surface area (Å²) in [4.78, 5) is 25.5. The van der Waals surface area contributed by atoms with Crippen molar-refractivity contribution in [3.63, 3.8) is 0 Å². The molecular weight excluding hydrogens is 315 g/mol. The van der Waals surface area contributed by atoms with Crippen molar-refractivity contribution in [1.82, 2.24) is 4.90 Å². The van der Waals surface area contributed by atoms with Gasteiger partial charge >= 0.3 is 5.97 Å². The molecular formula is C14H26Cl2N2O3. The molecule has 1 saturated carbocycles. The average Bonchev–Trinajstić information content (AvgIpc) is 2.94. The van der Waals surface area contributed by atoms with E-state index in [1.807, 2.05) is 13.8 Å². The maximum atomic E-state index is 12.4. The van der Waals surface area contributed by atoms with E-state index in [9.17, 15) is 14.7 Å². The van der Waals surface area contributed by atoms with Crippen LogP contribution in [0.4, 0.5) is 0 Å². The van der Waals surface area contributed by atoms with Gasteiger partial charge in [-0.25, -0.2) is 4.79 Å². The van der Waals surface area contributed by atoms with Crippen LogP contribution in [0.15, 0.2) is 0 Å². The zero-order valence-electron chi connectivity index (χ0n) is 12.5. The third-order valence-electron chi connectivity index (χ3n) is 4.97. The van der Waals surface area contributed by atoms with Gasteiger partial charge < -0.3 is 15.7 Å². The van der Waals surface area contributed by atoms with E-state index in [0.717, 1.165) is 25.7 Å². The number of carboxylic acids is 1. The van der Waals surface area contributed by atoms with Crippen LogP contribution in [-0.4, -0.2) is 40.5 Å². The number of carboxylic acid groups (broad SMARTS) is 1. The van der Waals surface area contributed by atoms with Crippen LogP contribution < -0.4 is 5.73 Å². The van der Waals surface area contributed by atoms with Gasteiger partial charge in [-0.05, 0) is 30.6 Å². The molecule has 2 fully saturated rings. The SMILES string of the molecule is CC[C@H](C)[C@H](N)C(=O)N1C[C@@H]2CCC[C@@H]2[C@H]1C(=O)O.Cl.Cl. The Labute approximate surface area is 138 Å². The minimum atomic E-state index is -0.876. The third-order valence-corrected chi connectivity index (χ3v) is 4.97. The quantitative estimate of drug-likeness (QED) is 0.818. The lowest BCUT2D eigenvalue weighted by molar-refractivity contribution is -0.150. The van der Waals surface area contributed by atoms with Crippen LogP contribution in [0.3, 0.4) is 0 Å². The van der Waals surface area contributed by atoms with E-state index < -0.39 is 18.1 Å². The van der Waals surface area contributed by atoms with Gasteiger partial charge in [0.15, 0.2) is 0 Å². The minimum Gasteiger partial charge on any atom is -0.480 e. The van der Waals surface area contributed by atoms with Crippen molar-refractivity contribution < 1.29 is 14.7 Å². The number of fused-ring (bicyclic) bond motifs is 1. The molecule has 21 heavy (non-hydrogen) atoms. The molecule has 0 aromatic rings. The van der Waals surface area contributed by atoms with Crippen LogP contribution in [0.2, 0.25) is 0 Å². The summed E-state index contributed by atoms with van der Waals surface area (Å²) in [5.74, 6) is -0.489. The highest BCUT2D eigenvalue weighted by Gasteiger charge is 2.50. The van der Waals surface area contributed by atoms with Crippen LogP contribution >= 0.6 is 24.8 Å². The van der Waals surface area contributed by atoms with Crippen molar-refractivity contribution in [2.75, 3.05) is 6.54 Å². The van der Waals surface area contributed by atoms with E-state index in [-0.39, 0.29) is 42.6 Å². The molecule has 0 bridgehead atoms. The Morgan fingerprint density at radius 3 is 2.48 bits per heavy atom. The molecule has 1 saturated heterocycles. The second-order valence-corrected chi connectivity index (χ2v) is 6.04. The molecule has 124 valence electrons. The number of hydrogen-bond donors (Lipinski definition) is 2. The highest BCUT2D eigenvalue weighted by molar-refractivity contribution is 5.88. The normalized spacial score (nSPS) is 29.9. The molecule has 0 spiro atoms. The van der Waals surface area contributed by atoms with Crippen molar-refractivity contribution in [2.45, 2.75) is 51.6 Å². The van der Waals surface area contributed by atoms with Crippen LogP contribution in [0.5, 0.6) is 0 Å². The molecule has 3 N–H and O–H groups in total. The standard InChI is InChI=1S/C14H24N2O3.2ClH/c1-3-8(2)11(15)13(17)16-7-9-5-4-6-10(9)12(16)14(18)19;;/h8-12H,3-7,15H2,1-2H3,(H,18,19);2*1H/t8-,9-,10-,11-,12-;;/m0../s1. The summed E-state index contributed by atoms with van der Waals surface area (Å²) in [6.07, 6.45) is 3.87. The van der Waals surface area contributed by atoms with Gasteiger partial charge in [0.1, 0.15) is 6.04 Å². The molecule has 5 atom stereocenters. The van der Waals surface area contributed by atoms with Crippen LogP contribution in [0, 0.1) is 17.8 Å². The molecule has 2 rings (SSSR count). The van der Waals surface area contributed by atoms with Gasteiger partial charge in [0, 0.05) is 6.54 Å². The second-order valence-electron chi connectivity index (χ2n) is 6.04. The maximum absolute atomic E-state index is 12.4. The summed E-state index contributed by atoms with van der Waals surface area (Å²) in [5, 5.41) is 9.42. The van der Waals surface area contributed by atoms with E-state index >= 15 is 0 Å². The first kappa shape index (κ1) is 20.5. The Balaban J connectivity index is 0.00000200. The number of rotatable bonds is 4. The molecule has 0 aromatic carbocycles. The van der Waals surface area contributed by atoms with Crippen LogP contribution in [-0.2, 0) is 9.59 Å². The lowest BCUT2D eigenvalue weighted by Gasteiger charge is -2.29. The van der Waals surface area contributed by atoms with Gasteiger partial charge in [0.05, 0.1) is 6.04 Å². The van der Waals surface area contributed by atoms with Crippen LogP contribution in [0.1, 0.15) is 39.5 Å². The summed E-state index contributed by atoms with van der Waals surface area (Å²) in [7, 11) is 0. The number of halogens is 2. The van der Waals surface area contributed by atoms with E-state index in [2.05, 4.69) is 0 Å². The molecule has 7 heteroatoms. The summed E-state index contributed by atoms with van der Waals surface area (Å²) >= 11 is 0. The van der Waals surface area contributed by atoms with Crippen molar-refractivity contribution in [3.05, 3.63) is 0 Å². The molecule has 0 unspecified atom stereocenters. The number of carbonyl (C=O) groups excluding carboxylic acids is 1. The summed E-state index contributed by atoms with van der Waals surface area (Å²) in [6, 6.07) is -1.24. The Morgan fingerprint density at radius 1 is 1.33 bits per heavy atom. The lowest BCUT2D eigenvalue weighted by atomic mass is 9.94. The molecule has 0 radical (unpaired) electrons. The van der Waals surface area contributed by atoms with E-state index in [4.69, 9.17) is 5.73 Å². The largest absolute Gasteiger partial charge is 0.480 e. The summed E-state index contributed by atoms with van der Waals surface area (Å²) in [5.41, 5.74) is 5.98. The number of hydrogen-bond acceptors (Lipinski definition) is 3. The first-order valence-corrected chi connectivity index (χ1v) is 7.26. The Morgan fingerprint density at radius 2 is 1.95 bits per heavy atom. The first-order chi connectivity index (χ1) is 8.97. The molecule has 0 aromatic heterocycles. The minimum absolute atomic E-state index is 0. The first-order valence-electron chi connectivity index (χ1n) is 7.26. The van der Waals surface area contributed by atoms with Crippen LogP contribution in [0.25, 0.3) is 0 Å². The van der Waals surface area contributed by atoms with Gasteiger partial charge in [-0.2, -0.15) is 0 Å². The zero-order valence-corrected chi connectivity index (χ0v) is 14.2. The molecule has 2 aliphatic rings. The average molecular weight is 341 g/mol. The Hall–Kier alpha value is -0.520. The second kappa shape index (κ2) is 8.20. The van der Waals surface area contributed by atoms with Gasteiger partial charge in [0.25, 0.3) is 0 Å². The number of aliphatic carboxylic acids is 1. The number of carbonyl (C=O) groups is 2. The Bertz CT molecular complexity index is 381. The number of nitrogens with zero attached hydrogens (tertiary/aromatic N) is 1. The fraction of sp³-hybridized carbons (Fsp3) is 0.857. The molecule has 1 amide bonds. The fourth-order valence-corrected chi connectivity index (χ4v) is 3.54. The predicted molar refractivity (Wildman–Crippen MR) is 85.9 cm³/mol. The van der Waals surface area contributed by atoms with Gasteiger partial charge in [-0.3, -0.25) is 4.79 Å². The molecule has 5 nitrogen and oxygen atoms in total. The van der Waals surface area contributed by atoms with Gasteiger partial charge in [-0.1, -0.05) is 26.7 Å². The maximum Gasteiger partial charge on any atom is 0.326 e. The number of amides is 1. The van der Waals surface area contributed by atoms with Gasteiger partial charge in [-0.15, -0.1) is 24.8 Å². The zero-order chi connectivity index (χ0) is 14.2. The summed E-state index contributed by atoms with van der Waals surface area (Å²) in [6.45, 7) is 4.51. The van der Waals surface area contributed by atoms with E-state index in [0.29, 0.717) is 12.5 Å². The predicted octanol–water partition coefficient (Wildman–Crippen LogP) is 1.92. The van der Waals surface area contributed by atoms with Crippen molar-refractivity contribution in [2.24, 2.45) is 23.5 Å². The molecule has 1 aliphatic heterocycles. The lowest BCUT2D eigenvalue weighted by Crippen LogP contribution is -2.52. The van der Waals surface area contributed by atoms with Crippen molar-refractivity contribution >= 4 is 36.7 Å².